The van der Waals surface area contributed by atoms with Gasteiger partial charge >= 0.3 is 0 Å². The third-order valence-corrected chi connectivity index (χ3v) is 4.80. The Morgan fingerprint density at radius 1 is 1.35 bits per heavy atom. The van der Waals surface area contributed by atoms with Gasteiger partial charge < -0.3 is 5.32 Å². The quantitative estimate of drug-likeness (QED) is 0.672. The van der Waals surface area contributed by atoms with Crippen molar-refractivity contribution in [1.29, 1.82) is 0 Å². The topological polar surface area (TPSA) is 58.2 Å². The summed E-state index contributed by atoms with van der Waals surface area (Å²) in [6, 6.07) is 2.23. The lowest BCUT2D eigenvalue weighted by molar-refractivity contribution is 0.593. The molecular weight excluding hydrogens is 371 g/mol. The molecule has 0 aliphatic heterocycles. The van der Waals surface area contributed by atoms with E-state index in [1.807, 2.05) is 6.92 Å². The zero-order chi connectivity index (χ0) is 15.2. The van der Waals surface area contributed by atoms with Crippen LogP contribution in [0.2, 0.25) is 5.02 Å². The predicted molar refractivity (Wildman–Crippen MR) is 84.3 cm³/mol. The van der Waals surface area contributed by atoms with E-state index >= 15 is 0 Å². The van der Waals surface area contributed by atoms with E-state index in [9.17, 15) is 12.8 Å². The Hall–Kier alpha value is -0.370. The number of benzene rings is 1. The molecule has 1 aromatic carbocycles. The van der Waals surface area contributed by atoms with Gasteiger partial charge in [-0.15, -0.1) is 0 Å². The molecule has 4 nitrogen and oxygen atoms in total. The van der Waals surface area contributed by atoms with Crippen LogP contribution in [0.4, 0.5) is 10.1 Å². The second kappa shape index (κ2) is 8.17. The summed E-state index contributed by atoms with van der Waals surface area (Å²) in [7, 11) is -3.49. The van der Waals surface area contributed by atoms with Gasteiger partial charge in [-0.2, -0.15) is 0 Å². The minimum absolute atomic E-state index is 0.00145. The van der Waals surface area contributed by atoms with E-state index in [1.165, 1.54) is 0 Å². The van der Waals surface area contributed by atoms with Gasteiger partial charge in [0.2, 0.25) is 10.0 Å². The van der Waals surface area contributed by atoms with Crippen LogP contribution in [0.15, 0.2) is 16.6 Å². The molecule has 0 radical (unpaired) electrons. The fourth-order valence-electron chi connectivity index (χ4n) is 1.57. The van der Waals surface area contributed by atoms with E-state index in [-0.39, 0.29) is 20.9 Å². The van der Waals surface area contributed by atoms with Crippen LogP contribution in [-0.4, -0.2) is 27.3 Å². The minimum Gasteiger partial charge on any atom is -0.317 e. The lowest BCUT2D eigenvalue weighted by Crippen LogP contribution is -2.19. The van der Waals surface area contributed by atoms with Crippen molar-refractivity contribution in [3.05, 3.63) is 27.4 Å². The third-order valence-electron chi connectivity index (χ3n) is 2.53. The summed E-state index contributed by atoms with van der Waals surface area (Å²) < 4.78 is 39.6. The Morgan fingerprint density at radius 3 is 2.65 bits per heavy atom. The second-order valence-corrected chi connectivity index (χ2v) is 7.33. The summed E-state index contributed by atoms with van der Waals surface area (Å²) in [6.07, 6.45) is 1.31. The van der Waals surface area contributed by atoms with Gasteiger partial charge in [-0.1, -0.05) is 18.5 Å². The second-order valence-electron chi connectivity index (χ2n) is 4.23. The molecule has 0 bridgehead atoms. The normalized spacial score (nSPS) is 11.6. The van der Waals surface area contributed by atoms with E-state index in [4.69, 9.17) is 11.6 Å². The molecule has 0 atom stereocenters. The Bertz CT molecular complexity index is 531. The summed E-state index contributed by atoms with van der Waals surface area (Å²) in [5.41, 5.74) is 0.166. The molecule has 0 saturated heterocycles. The van der Waals surface area contributed by atoms with Gasteiger partial charge in [-0.25, -0.2) is 12.8 Å². The monoisotopic (exact) mass is 386 g/mol. The fraction of sp³-hybridized carbons (Fsp3) is 0.500. The molecule has 2 N–H and O–H groups in total. The van der Waals surface area contributed by atoms with Crippen LogP contribution in [0, 0.1) is 5.82 Å². The SMILES string of the molecule is CCNCCCCS(=O)(=O)Nc1c(Cl)cc(F)cc1Br. The van der Waals surface area contributed by atoms with Gasteiger partial charge in [0, 0.05) is 4.47 Å². The number of sulfonamides is 1. The van der Waals surface area contributed by atoms with E-state index in [0.29, 0.717) is 6.42 Å². The molecule has 0 aliphatic carbocycles. The van der Waals surface area contributed by atoms with Gasteiger partial charge in [-0.3, -0.25) is 4.72 Å². The summed E-state index contributed by atoms with van der Waals surface area (Å²) in [5.74, 6) is -0.533. The van der Waals surface area contributed by atoms with Gasteiger partial charge in [0.25, 0.3) is 0 Å². The first-order chi connectivity index (χ1) is 9.35. The molecule has 0 amide bonds. The molecule has 1 aromatic rings. The lowest BCUT2D eigenvalue weighted by Gasteiger charge is -2.11. The number of unbranched alkanes of at least 4 members (excludes halogenated alkanes) is 1. The average Bonchev–Trinajstić information content (AvgIpc) is 2.33. The smallest absolute Gasteiger partial charge is 0.232 e. The number of halogens is 3. The molecule has 0 aromatic heterocycles. The molecule has 0 aliphatic rings. The van der Waals surface area contributed by atoms with E-state index in [1.54, 1.807) is 0 Å². The molecule has 0 saturated carbocycles. The summed E-state index contributed by atoms with van der Waals surface area (Å²) in [6.45, 7) is 3.64. The molecule has 1 rings (SSSR count). The Labute approximate surface area is 132 Å². The van der Waals surface area contributed by atoms with Crippen molar-refractivity contribution in [3.63, 3.8) is 0 Å². The first-order valence-corrected chi connectivity index (χ1v) is 9.04. The molecule has 8 heteroatoms. The highest BCUT2D eigenvalue weighted by Crippen LogP contribution is 2.32. The van der Waals surface area contributed by atoms with Crippen LogP contribution < -0.4 is 10.0 Å². The van der Waals surface area contributed by atoms with Crippen molar-refractivity contribution >= 4 is 43.2 Å². The van der Waals surface area contributed by atoms with Crippen molar-refractivity contribution in [2.24, 2.45) is 0 Å². The van der Waals surface area contributed by atoms with E-state index < -0.39 is 15.8 Å². The molecule has 20 heavy (non-hydrogen) atoms. The Balaban J connectivity index is 2.63. The van der Waals surface area contributed by atoms with Gasteiger partial charge in [0.15, 0.2) is 0 Å². The van der Waals surface area contributed by atoms with E-state index in [0.717, 1.165) is 31.6 Å². The molecule has 0 heterocycles. The number of hydrogen-bond donors (Lipinski definition) is 2. The van der Waals surface area contributed by atoms with Gasteiger partial charge in [0.1, 0.15) is 5.82 Å². The lowest BCUT2D eigenvalue weighted by atomic mass is 10.3. The largest absolute Gasteiger partial charge is 0.317 e. The molecule has 0 spiro atoms. The van der Waals surface area contributed by atoms with Crippen LogP contribution in [0.3, 0.4) is 0 Å². The van der Waals surface area contributed by atoms with Crippen molar-refractivity contribution in [2.75, 3.05) is 23.6 Å². The van der Waals surface area contributed by atoms with E-state index in [2.05, 4.69) is 26.0 Å². The number of anilines is 1. The van der Waals surface area contributed by atoms with Crippen molar-refractivity contribution in [1.82, 2.24) is 5.32 Å². The van der Waals surface area contributed by atoms with Crippen LogP contribution in [-0.2, 0) is 10.0 Å². The first-order valence-electron chi connectivity index (χ1n) is 6.21. The summed E-state index contributed by atoms with van der Waals surface area (Å²) in [5, 5.41) is 3.14. The maximum absolute atomic E-state index is 13.1. The Kier molecular flexibility index (Phi) is 7.22. The standard InChI is InChI=1S/C12H17BrClFN2O2S/c1-2-16-5-3-4-6-20(18,19)17-12-10(13)7-9(15)8-11(12)14/h7-8,16-17H,2-6H2,1H3. The average molecular weight is 388 g/mol. The zero-order valence-electron chi connectivity index (χ0n) is 11.0. The highest BCUT2D eigenvalue weighted by Gasteiger charge is 2.15. The third kappa shape index (κ3) is 5.95. The minimum atomic E-state index is -3.49. The van der Waals surface area contributed by atoms with Crippen molar-refractivity contribution in [3.8, 4) is 0 Å². The first kappa shape index (κ1) is 17.7. The number of nitrogens with one attached hydrogen (secondary N) is 2. The van der Waals surface area contributed by atoms with Crippen LogP contribution >= 0.6 is 27.5 Å². The molecular formula is C12H17BrClFN2O2S. The molecule has 0 unspecified atom stereocenters. The molecule has 114 valence electrons. The van der Waals surface area contributed by atoms with Gasteiger partial charge in [-0.05, 0) is 54.0 Å². The van der Waals surface area contributed by atoms with Crippen LogP contribution in [0.5, 0.6) is 0 Å². The van der Waals surface area contributed by atoms with Crippen molar-refractivity contribution in [2.45, 2.75) is 19.8 Å². The maximum Gasteiger partial charge on any atom is 0.232 e. The highest BCUT2D eigenvalue weighted by atomic mass is 79.9. The van der Waals surface area contributed by atoms with Crippen LogP contribution in [0.1, 0.15) is 19.8 Å². The Morgan fingerprint density at radius 2 is 2.05 bits per heavy atom. The highest BCUT2D eigenvalue weighted by molar-refractivity contribution is 9.10. The number of rotatable bonds is 8. The fourth-order valence-corrected chi connectivity index (χ4v) is 3.87. The number of hydrogen-bond acceptors (Lipinski definition) is 3. The zero-order valence-corrected chi connectivity index (χ0v) is 14.2. The van der Waals surface area contributed by atoms with Crippen molar-refractivity contribution < 1.29 is 12.8 Å². The summed E-state index contributed by atoms with van der Waals surface area (Å²) in [4.78, 5) is 0. The summed E-state index contributed by atoms with van der Waals surface area (Å²) >= 11 is 8.93. The van der Waals surface area contributed by atoms with Gasteiger partial charge in [0.05, 0.1) is 16.5 Å². The predicted octanol–water partition coefficient (Wildman–Crippen LogP) is 3.37. The van der Waals surface area contributed by atoms with Crippen LogP contribution in [0.25, 0.3) is 0 Å². The molecule has 0 fully saturated rings. The maximum atomic E-state index is 13.1.